The lowest BCUT2D eigenvalue weighted by Crippen LogP contribution is -2.09. The van der Waals surface area contributed by atoms with Crippen LogP contribution in [0.5, 0.6) is 0 Å². The van der Waals surface area contributed by atoms with Crippen LogP contribution in [0.25, 0.3) is 33.2 Å². The third-order valence-corrected chi connectivity index (χ3v) is 7.86. The number of fused-ring (bicyclic) bond motifs is 1. The van der Waals surface area contributed by atoms with E-state index in [1.165, 1.54) is 16.0 Å². The normalized spacial score (nSPS) is 11.6. The van der Waals surface area contributed by atoms with Gasteiger partial charge in [0, 0.05) is 45.0 Å². The zero-order chi connectivity index (χ0) is 24.9. The van der Waals surface area contributed by atoms with Gasteiger partial charge in [0.05, 0.1) is 15.6 Å². The third-order valence-electron chi connectivity index (χ3n) is 5.19. The lowest BCUT2D eigenvalue weighted by atomic mass is 10.0. The number of carboxylic acid groups (broad SMARTS) is 1. The summed E-state index contributed by atoms with van der Waals surface area (Å²) in [6, 6.07) is 8.87. The number of carboxylic acids is 1. The molecule has 178 valence electrons. The van der Waals surface area contributed by atoms with Crippen molar-refractivity contribution in [3.05, 3.63) is 70.4 Å². The molecule has 35 heavy (non-hydrogen) atoms. The molecule has 0 bridgehead atoms. The van der Waals surface area contributed by atoms with Gasteiger partial charge in [0.2, 0.25) is 5.13 Å². The van der Waals surface area contributed by atoms with Crippen molar-refractivity contribution >= 4 is 57.9 Å². The lowest BCUT2D eigenvalue weighted by molar-refractivity contribution is 0.0688. The van der Waals surface area contributed by atoms with Gasteiger partial charge < -0.3 is 9.51 Å². The maximum Gasteiger partial charge on any atom is 0.355 e. The molecule has 1 N–H and O–H groups in total. The fraction of sp³-hybridized carbons (Fsp3) is 0.167. The number of hydrogen-bond acceptors (Lipinski definition) is 6. The van der Waals surface area contributed by atoms with Gasteiger partial charge in [0.25, 0.3) is 0 Å². The van der Waals surface area contributed by atoms with Crippen molar-refractivity contribution in [2.75, 3.05) is 0 Å². The first-order chi connectivity index (χ1) is 16.7. The molecule has 4 heterocycles. The predicted octanol–water partition coefficient (Wildman–Crippen LogP) is 7.12. The molecule has 11 heteroatoms. The second-order valence-electron chi connectivity index (χ2n) is 8.09. The van der Waals surface area contributed by atoms with E-state index in [4.69, 9.17) is 28.2 Å². The van der Waals surface area contributed by atoms with Crippen LogP contribution in [0.3, 0.4) is 0 Å². The van der Waals surface area contributed by atoms with Gasteiger partial charge in [0.15, 0.2) is 5.69 Å². The van der Waals surface area contributed by atoms with Gasteiger partial charge >= 0.3 is 5.97 Å². The van der Waals surface area contributed by atoms with Crippen molar-refractivity contribution < 1.29 is 9.90 Å². The number of thioether (sulfide) groups is 1. The van der Waals surface area contributed by atoms with E-state index in [0.717, 1.165) is 21.1 Å². The Morgan fingerprint density at radius 3 is 2.57 bits per heavy atom. The minimum Gasteiger partial charge on any atom is -0.476 e. The Bertz CT molecular complexity index is 1570. The quantitative estimate of drug-likeness (QED) is 0.229. The number of nitrogens with zero attached hydrogens (tertiary/aromatic N) is 5. The molecule has 0 radical (unpaired) electrons. The van der Waals surface area contributed by atoms with Crippen molar-refractivity contribution in [1.82, 2.24) is 24.1 Å². The Morgan fingerprint density at radius 1 is 1.14 bits per heavy atom. The molecule has 0 saturated heterocycles. The molecule has 5 aromatic rings. The fourth-order valence-electron chi connectivity index (χ4n) is 3.83. The average molecular weight is 544 g/mol. The molecule has 0 unspecified atom stereocenters. The van der Waals surface area contributed by atoms with E-state index >= 15 is 0 Å². The van der Waals surface area contributed by atoms with Crippen LogP contribution in [0, 0.1) is 6.92 Å². The molecule has 0 atom stereocenters. The SMILES string of the molecule is Cc1nn(-c2nc(-c3ccc4nccn4c3)c(SC(C)C)s2)c(C(=O)O)c1-c1cc(Cl)cc(Cl)c1. The highest BCUT2D eigenvalue weighted by molar-refractivity contribution is 8.01. The summed E-state index contributed by atoms with van der Waals surface area (Å²) >= 11 is 15.5. The van der Waals surface area contributed by atoms with E-state index in [0.29, 0.717) is 37.2 Å². The second kappa shape index (κ2) is 9.31. The van der Waals surface area contributed by atoms with Gasteiger partial charge in [-0.15, -0.1) is 11.8 Å². The number of thiazole rings is 1. The minimum absolute atomic E-state index is 0.00675. The van der Waals surface area contributed by atoms with E-state index < -0.39 is 5.97 Å². The number of aryl methyl sites for hydroxylation is 1. The monoisotopic (exact) mass is 543 g/mol. The van der Waals surface area contributed by atoms with Gasteiger partial charge in [-0.05, 0) is 42.8 Å². The van der Waals surface area contributed by atoms with E-state index in [1.54, 1.807) is 43.1 Å². The Hall–Kier alpha value is -2.85. The highest BCUT2D eigenvalue weighted by Gasteiger charge is 2.27. The van der Waals surface area contributed by atoms with Crippen molar-refractivity contribution in [2.24, 2.45) is 0 Å². The molecular weight excluding hydrogens is 525 g/mol. The van der Waals surface area contributed by atoms with Gasteiger partial charge in [-0.3, -0.25) is 0 Å². The number of hydrogen-bond donors (Lipinski definition) is 1. The molecule has 4 aromatic heterocycles. The summed E-state index contributed by atoms with van der Waals surface area (Å²) < 4.78 is 4.31. The van der Waals surface area contributed by atoms with Gasteiger partial charge in [-0.2, -0.15) is 9.78 Å². The van der Waals surface area contributed by atoms with Crippen LogP contribution >= 0.6 is 46.3 Å². The van der Waals surface area contributed by atoms with Crippen molar-refractivity contribution in [1.29, 1.82) is 0 Å². The maximum atomic E-state index is 12.5. The largest absolute Gasteiger partial charge is 0.476 e. The molecule has 1 aromatic carbocycles. The highest BCUT2D eigenvalue weighted by atomic mass is 35.5. The number of halogens is 2. The number of carbonyl (C=O) groups is 1. The summed E-state index contributed by atoms with van der Waals surface area (Å²) in [5, 5.41) is 16.4. The first-order valence-electron chi connectivity index (χ1n) is 10.6. The molecule has 7 nitrogen and oxygen atoms in total. The van der Waals surface area contributed by atoms with E-state index in [2.05, 4.69) is 23.9 Å². The zero-order valence-electron chi connectivity index (χ0n) is 18.9. The van der Waals surface area contributed by atoms with Crippen molar-refractivity contribution in [2.45, 2.75) is 30.2 Å². The summed E-state index contributed by atoms with van der Waals surface area (Å²) in [4.78, 5) is 21.6. The predicted molar refractivity (Wildman–Crippen MR) is 142 cm³/mol. The summed E-state index contributed by atoms with van der Waals surface area (Å²) in [6.07, 6.45) is 5.59. The fourth-order valence-corrected chi connectivity index (χ4v) is 6.83. The number of imidazole rings is 1. The molecule has 0 aliphatic rings. The Labute approximate surface area is 219 Å². The van der Waals surface area contributed by atoms with E-state index in [9.17, 15) is 9.90 Å². The zero-order valence-corrected chi connectivity index (χ0v) is 22.0. The van der Waals surface area contributed by atoms with E-state index in [1.807, 2.05) is 28.9 Å². The second-order valence-corrected chi connectivity index (χ2v) is 11.8. The summed E-state index contributed by atoms with van der Waals surface area (Å²) in [7, 11) is 0. The van der Waals surface area contributed by atoms with Crippen LogP contribution in [0.2, 0.25) is 10.0 Å². The summed E-state index contributed by atoms with van der Waals surface area (Å²) in [5.74, 6) is -1.12. The van der Waals surface area contributed by atoms with Gasteiger partial charge in [0.1, 0.15) is 5.65 Å². The van der Waals surface area contributed by atoms with Crippen LogP contribution in [-0.4, -0.2) is 40.5 Å². The van der Waals surface area contributed by atoms with Gasteiger partial charge in [-0.1, -0.05) is 48.4 Å². The number of aromatic carboxylic acids is 1. The molecular formula is C24H19Cl2N5O2S2. The smallest absolute Gasteiger partial charge is 0.355 e. The lowest BCUT2D eigenvalue weighted by Gasteiger charge is -2.05. The molecule has 0 saturated carbocycles. The van der Waals surface area contributed by atoms with Crippen LogP contribution < -0.4 is 0 Å². The van der Waals surface area contributed by atoms with Crippen LogP contribution in [0.1, 0.15) is 30.0 Å². The minimum atomic E-state index is -1.12. The first kappa shape index (κ1) is 23.9. The van der Waals surface area contributed by atoms with Crippen LogP contribution in [-0.2, 0) is 0 Å². The molecule has 0 aliphatic heterocycles. The van der Waals surface area contributed by atoms with Crippen molar-refractivity contribution in [3.8, 4) is 27.5 Å². The standard InChI is InChI=1S/C24H19Cl2N5O2S2/c1-12(2)34-23-20(14-4-5-18-27-6-7-30(18)11-14)28-24(35-23)31-21(22(32)33)19(13(3)29-31)15-8-16(25)10-17(26)9-15/h4-12H,1-3H3,(H,32,33). The van der Waals surface area contributed by atoms with Crippen LogP contribution in [0.4, 0.5) is 0 Å². The molecule has 0 amide bonds. The molecule has 0 aliphatic carbocycles. The Morgan fingerprint density at radius 2 is 1.89 bits per heavy atom. The molecule has 5 rings (SSSR count). The Kier molecular flexibility index (Phi) is 6.35. The molecule has 0 spiro atoms. The van der Waals surface area contributed by atoms with E-state index in [-0.39, 0.29) is 5.69 Å². The van der Waals surface area contributed by atoms with Gasteiger partial charge in [-0.25, -0.2) is 14.8 Å². The topological polar surface area (TPSA) is 85.3 Å². The summed E-state index contributed by atoms with van der Waals surface area (Å²) in [5.41, 5.74) is 4.10. The average Bonchev–Trinajstić information content (AvgIpc) is 3.48. The highest BCUT2D eigenvalue weighted by Crippen LogP contribution is 2.41. The molecule has 0 fully saturated rings. The maximum absolute atomic E-state index is 12.5. The van der Waals surface area contributed by atoms with Crippen LogP contribution in [0.15, 0.2) is 53.1 Å². The number of rotatable bonds is 6. The van der Waals surface area contributed by atoms with Crippen molar-refractivity contribution in [3.63, 3.8) is 0 Å². The number of pyridine rings is 1. The first-order valence-corrected chi connectivity index (χ1v) is 13.1. The number of aromatic nitrogens is 5. The summed E-state index contributed by atoms with van der Waals surface area (Å²) in [6.45, 7) is 5.97. The number of benzene rings is 1. The third kappa shape index (κ3) is 4.56. The Balaban J connectivity index is 1.70.